The Kier molecular flexibility index (Phi) is 6.55. The third-order valence-electron chi connectivity index (χ3n) is 4.51. The van der Waals surface area contributed by atoms with Crippen molar-refractivity contribution in [3.8, 4) is 11.6 Å². The molecule has 3 aromatic rings. The van der Waals surface area contributed by atoms with Crippen LogP contribution in [0.2, 0.25) is 0 Å². The number of hydrogen-bond donors (Lipinski definition) is 2. The average molecular weight is 451 g/mol. The minimum absolute atomic E-state index is 0.0592. The number of nitrogens with zero attached hydrogens (tertiary/aromatic N) is 2. The van der Waals surface area contributed by atoms with Crippen molar-refractivity contribution in [2.45, 2.75) is 42.4 Å². The third kappa shape index (κ3) is 5.36. The van der Waals surface area contributed by atoms with Crippen LogP contribution in [-0.2, 0) is 11.4 Å². The summed E-state index contributed by atoms with van der Waals surface area (Å²) in [6, 6.07) is 12.0. The summed E-state index contributed by atoms with van der Waals surface area (Å²) in [6.45, 7) is 4.31. The molecule has 1 aliphatic rings. The van der Waals surface area contributed by atoms with E-state index < -0.39 is 12.1 Å². The van der Waals surface area contributed by atoms with Gasteiger partial charge in [-0.25, -0.2) is 9.78 Å². The molecule has 1 aromatic carbocycles. The van der Waals surface area contributed by atoms with Crippen LogP contribution >= 0.6 is 11.8 Å². The van der Waals surface area contributed by atoms with Crippen LogP contribution in [0.15, 0.2) is 70.8 Å². The van der Waals surface area contributed by atoms with Gasteiger partial charge in [0.15, 0.2) is 0 Å². The molecule has 8 nitrogen and oxygen atoms in total. The highest BCUT2D eigenvalue weighted by molar-refractivity contribution is 7.99. The van der Waals surface area contributed by atoms with Crippen LogP contribution in [0.25, 0.3) is 0 Å². The van der Waals surface area contributed by atoms with Crippen LogP contribution < -0.4 is 20.1 Å². The largest absolute Gasteiger partial charge is 0.489 e. The Morgan fingerprint density at radius 2 is 1.91 bits per heavy atom. The lowest BCUT2D eigenvalue weighted by Crippen LogP contribution is -2.22. The fourth-order valence-corrected chi connectivity index (χ4v) is 4.03. The van der Waals surface area contributed by atoms with E-state index in [0.29, 0.717) is 18.1 Å². The molecular weight excluding hydrogens is 428 g/mol. The van der Waals surface area contributed by atoms with Crippen molar-refractivity contribution in [3.63, 3.8) is 0 Å². The van der Waals surface area contributed by atoms with Gasteiger partial charge in [0.25, 0.3) is 5.91 Å². The minimum atomic E-state index is -0.744. The first kappa shape index (κ1) is 21.6. The highest BCUT2D eigenvalue weighted by Crippen LogP contribution is 2.34. The number of benzene rings is 1. The smallest absolute Gasteiger partial charge is 0.322 e. The van der Waals surface area contributed by atoms with E-state index in [-0.39, 0.29) is 12.0 Å². The SMILES string of the molecule is CC(C)Oc1cc(COc2ccc(Sc3ccncc3C3NC(=O)NC3=O)cc2)ccn1. The number of rotatable bonds is 8. The third-order valence-corrected chi connectivity index (χ3v) is 5.61. The summed E-state index contributed by atoms with van der Waals surface area (Å²) in [7, 11) is 0. The van der Waals surface area contributed by atoms with Gasteiger partial charge >= 0.3 is 6.03 Å². The molecule has 1 saturated heterocycles. The number of urea groups is 1. The molecule has 9 heteroatoms. The summed E-state index contributed by atoms with van der Waals surface area (Å²) in [5.74, 6) is 0.926. The van der Waals surface area contributed by atoms with Crippen LogP contribution in [-0.4, -0.2) is 28.0 Å². The van der Waals surface area contributed by atoms with Crippen LogP contribution in [0, 0.1) is 0 Å². The maximum absolute atomic E-state index is 12.0. The number of pyridine rings is 2. The molecular formula is C23H22N4O4S. The second-order valence-corrected chi connectivity index (χ2v) is 8.46. The van der Waals surface area contributed by atoms with E-state index in [4.69, 9.17) is 9.47 Å². The standard InChI is InChI=1S/C23H22N4O4S/c1-14(2)31-20-11-15(7-10-25-20)13-30-16-3-5-17(6-4-16)32-19-8-9-24-12-18(19)21-22(28)27-23(29)26-21/h3-12,14,21H,13H2,1-2H3,(H2,26,27,28,29). The number of carbonyl (C=O) groups is 2. The summed E-state index contributed by atoms with van der Waals surface area (Å²) >= 11 is 1.48. The Morgan fingerprint density at radius 1 is 1.09 bits per heavy atom. The quantitative estimate of drug-likeness (QED) is 0.502. The maximum Gasteiger partial charge on any atom is 0.322 e. The monoisotopic (exact) mass is 450 g/mol. The van der Waals surface area contributed by atoms with Gasteiger partial charge < -0.3 is 14.8 Å². The summed E-state index contributed by atoms with van der Waals surface area (Å²) in [5.41, 5.74) is 1.62. The highest BCUT2D eigenvalue weighted by Gasteiger charge is 2.32. The van der Waals surface area contributed by atoms with Gasteiger partial charge in [0.05, 0.1) is 6.10 Å². The number of ether oxygens (including phenoxy) is 2. The minimum Gasteiger partial charge on any atom is -0.489 e. The van der Waals surface area contributed by atoms with Crippen molar-refractivity contribution >= 4 is 23.7 Å². The summed E-state index contributed by atoms with van der Waals surface area (Å²) < 4.78 is 11.5. The number of imide groups is 1. The van der Waals surface area contributed by atoms with E-state index in [1.165, 1.54) is 11.8 Å². The van der Waals surface area contributed by atoms with Gasteiger partial charge in [0.2, 0.25) is 5.88 Å². The molecule has 4 rings (SSSR count). The Bertz CT molecular complexity index is 1120. The average Bonchev–Trinajstić information content (AvgIpc) is 3.11. The molecule has 1 fully saturated rings. The van der Waals surface area contributed by atoms with E-state index in [2.05, 4.69) is 20.6 Å². The van der Waals surface area contributed by atoms with Crippen molar-refractivity contribution < 1.29 is 19.1 Å². The van der Waals surface area contributed by atoms with E-state index in [1.807, 2.05) is 56.3 Å². The van der Waals surface area contributed by atoms with Gasteiger partial charge in [0, 0.05) is 40.0 Å². The van der Waals surface area contributed by atoms with Gasteiger partial charge in [-0.15, -0.1) is 0 Å². The lowest BCUT2D eigenvalue weighted by Gasteiger charge is -2.13. The Morgan fingerprint density at radius 3 is 2.62 bits per heavy atom. The molecule has 0 aliphatic carbocycles. The van der Waals surface area contributed by atoms with E-state index in [1.54, 1.807) is 18.6 Å². The zero-order chi connectivity index (χ0) is 22.5. The fourth-order valence-electron chi connectivity index (χ4n) is 3.08. The van der Waals surface area contributed by atoms with Gasteiger partial charge in [-0.3, -0.25) is 15.1 Å². The number of nitrogens with one attached hydrogen (secondary N) is 2. The lowest BCUT2D eigenvalue weighted by atomic mass is 10.1. The van der Waals surface area contributed by atoms with Crippen molar-refractivity contribution in [2.24, 2.45) is 0 Å². The number of carbonyl (C=O) groups excluding carboxylic acids is 2. The second-order valence-electron chi connectivity index (χ2n) is 7.34. The molecule has 2 N–H and O–H groups in total. The molecule has 0 spiro atoms. The van der Waals surface area contributed by atoms with Crippen molar-refractivity contribution in [1.82, 2.24) is 20.6 Å². The van der Waals surface area contributed by atoms with Crippen LogP contribution in [0.5, 0.6) is 11.6 Å². The predicted octanol–water partition coefficient (Wildman–Crippen LogP) is 3.87. The van der Waals surface area contributed by atoms with Crippen molar-refractivity contribution in [1.29, 1.82) is 0 Å². The molecule has 3 heterocycles. The number of amides is 3. The van der Waals surface area contributed by atoms with Crippen LogP contribution in [0.1, 0.15) is 31.0 Å². The number of aromatic nitrogens is 2. The van der Waals surface area contributed by atoms with Crippen molar-refractivity contribution in [2.75, 3.05) is 0 Å². The lowest BCUT2D eigenvalue weighted by molar-refractivity contribution is -0.120. The normalized spacial score (nSPS) is 15.4. The van der Waals surface area contributed by atoms with E-state index in [0.717, 1.165) is 21.1 Å². The zero-order valence-electron chi connectivity index (χ0n) is 17.6. The molecule has 2 aromatic heterocycles. The Balaban J connectivity index is 1.40. The van der Waals surface area contributed by atoms with Crippen LogP contribution in [0.3, 0.4) is 0 Å². The maximum atomic E-state index is 12.0. The van der Waals surface area contributed by atoms with Crippen molar-refractivity contribution in [3.05, 3.63) is 72.2 Å². The summed E-state index contributed by atoms with van der Waals surface area (Å²) in [6.07, 6.45) is 5.02. The van der Waals surface area contributed by atoms with Gasteiger partial charge in [0.1, 0.15) is 18.4 Å². The Hall–Kier alpha value is -3.59. The summed E-state index contributed by atoms with van der Waals surface area (Å²) in [5, 5.41) is 4.87. The van der Waals surface area contributed by atoms with Crippen LogP contribution in [0.4, 0.5) is 4.79 Å². The van der Waals surface area contributed by atoms with Gasteiger partial charge in [-0.1, -0.05) is 11.8 Å². The highest BCUT2D eigenvalue weighted by atomic mass is 32.2. The molecule has 164 valence electrons. The first-order chi connectivity index (χ1) is 15.5. The predicted molar refractivity (Wildman–Crippen MR) is 119 cm³/mol. The molecule has 32 heavy (non-hydrogen) atoms. The molecule has 0 saturated carbocycles. The molecule has 3 amide bonds. The number of hydrogen-bond acceptors (Lipinski definition) is 7. The first-order valence-corrected chi connectivity index (χ1v) is 10.9. The zero-order valence-corrected chi connectivity index (χ0v) is 18.4. The topological polar surface area (TPSA) is 102 Å². The molecule has 1 aliphatic heterocycles. The van der Waals surface area contributed by atoms with E-state index in [9.17, 15) is 9.59 Å². The summed E-state index contributed by atoms with van der Waals surface area (Å²) in [4.78, 5) is 33.6. The molecule has 1 unspecified atom stereocenters. The molecule has 0 radical (unpaired) electrons. The van der Waals surface area contributed by atoms with Gasteiger partial charge in [-0.2, -0.15) is 0 Å². The molecule has 1 atom stereocenters. The molecule has 0 bridgehead atoms. The fraction of sp³-hybridized carbons (Fsp3) is 0.217. The van der Waals surface area contributed by atoms with Gasteiger partial charge in [-0.05, 0) is 55.8 Å². The first-order valence-electron chi connectivity index (χ1n) is 10.1. The second kappa shape index (κ2) is 9.69. The van der Waals surface area contributed by atoms with E-state index >= 15 is 0 Å². The Labute approximate surface area is 189 Å².